The van der Waals surface area contributed by atoms with Crippen molar-refractivity contribution in [3.8, 4) is 11.3 Å². The highest BCUT2D eigenvalue weighted by Gasteiger charge is 2.29. The standard InChI is InChI=1S/C15H18N6O2/c1-9-13(10-4-3-5-12(6-10)21(22)23)18-15(16)19-14(9)20-7-11(8-20)17-2/h3-6,11,17H,7-8H2,1-2H3,(H2,16,18,19). The quantitative estimate of drug-likeness (QED) is 0.647. The van der Waals surface area contributed by atoms with Gasteiger partial charge in [0.05, 0.1) is 10.6 Å². The molecule has 0 bridgehead atoms. The first kappa shape index (κ1) is 15.2. The fourth-order valence-corrected chi connectivity index (χ4v) is 2.71. The van der Waals surface area contributed by atoms with Crippen molar-refractivity contribution in [2.24, 2.45) is 0 Å². The Morgan fingerprint density at radius 1 is 1.39 bits per heavy atom. The fourth-order valence-electron chi connectivity index (χ4n) is 2.71. The summed E-state index contributed by atoms with van der Waals surface area (Å²) in [5.41, 5.74) is 8.04. The van der Waals surface area contributed by atoms with Gasteiger partial charge < -0.3 is 16.0 Å². The van der Waals surface area contributed by atoms with Crippen molar-refractivity contribution < 1.29 is 4.92 Å². The summed E-state index contributed by atoms with van der Waals surface area (Å²) < 4.78 is 0. The number of likely N-dealkylation sites (N-methyl/N-ethyl adjacent to an activating group) is 1. The first-order valence-electron chi connectivity index (χ1n) is 7.30. The van der Waals surface area contributed by atoms with Crippen molar-refractivity contribution in [2.45, 2.75) is 13.0 Å². The molecule has 0 spiro atoms. The highest BCUT2D eigenvalue weighted by molar-refractivity contribution is 5.72. The summed E-state index contributed by atoms with van der Waals surface area (Å²) in [6.45, 7) is 3.61. The number of non-ortho nitro benzene ring substituents is 1. The maximum Gasteiger partial charge on any atom is 0.270 e. The van der Waals surface area contributed by atoms with Gasteiger partial charge in [-0.2, -0.15) is 4.98 Å². The molecule has 3 rings (SSSR count). The highest BCUT2D eigenvalue weighted by atomic mass is 16.6. The minimum Gasteiger partial charge on any atom is -0.368 e. The Bertz CT molecular complexity index is 758. The molecule has 1 aliphatic rings. The Morgan fingerprint density at radius 2 is 2.13 bits per heavy atom. The van der Waals surface area contributed by atoms with E-state index in [0.717, 1.165) is 24.5 Å². The molecule has 120 valence electrons. The molecule has 1 fully saturated rings. The molecule has 1 saturated heterocycles. The van der Waals surface area contributed by atoms with Crippen LogP contribution in [0.15, 0.2) is 24.3 Å². The lowest BCUT2D eigenvalue weighted by molar-refractivity contribution is -0.384. The molecule has 1 aromatic heterocycles. The van der Waals surface area contributed by atoms with Crippen LogP contribution < -0.4 is 16.0 Å². The zero-order valence-electron chi connectivity index (χ0n) is 13.0. The predicted octanol–water partition coefficient (Wildman–Crippen LogP) is 1.35. The van der Waals surface area contributed by atoms with Gasteiger partial charge in [-0.1, -0.05) is 12.1 Å². The number of hydrogen-bond donors (Lipinski definition) is 2. The van der Waals surface area contributed by atoms with Crippen LogP contribution in [0, 0.1) is 17.0 Å². The number of anilines is 2. The van der Waals surface area contributed by atoms with Crippen molar-refractivity contribution in [3.05, 3.63) is 39.9 Å². The molecule has 0 amide bonds. The average Bonchev–Trinajstić information content (AvgIpc) is 2.49. The number of benzene rings is 1. The molecule has 0 aliphatic carbocycles. The van der Waals surface area contributed by atoms with Crippen LogP contribution in [-0.2, 0) is 0 Å². The van der Waals surface area contributed by atoms with Crippen LogP contribution in [0.25, 0.3) is 11.3 Å². The summed E-state index contributed by atoms with van der Waals surface area (Å²) in [4.78, 5) is 21.3. The summed E-state index contributed by atoms with van der Waals surface area (Å²) in [6, 6.07) is 6.83. The second-order valence-electron chi connectivity index (χ2n) is 5.58. The van der Waals surface area contributed by atoms with Gasteiger partial charge in [-0.25, -0.2) is 4.98 Å². The van der Waals surface area contributed by atoms with Gasteiger partial charge in [-0.3, -0.25) is 10.1 Å². The van der Waals surface area contributed by atoms with Crippen LogP contribution in [0.4, 0.5) is 17.5 Å². The van der Waals surface area contributed by atoms with Gasteiger partial charge in [-0.05, 0) is 14.0 Å². The monoisotopic (exact) mass is 314 g/mol. The molecule has 1 aliphatic heterocycles. The van der Waals surface area contributed by atoms with Crippen LogP contribution in [-0.4, -0.2) is 41.1 Å². The Kier molecular flexibility index (Phi) is 3.83. The predicted molar refractivity (Wildman–Crippen MR) is 88.3 cm³/mol. The molecular weight excluding hydrogens is 296 g/mol. The lowest BCUT2D eigenvalue weighted by Gasteiger charge is -2.40. The van der Waals surface area contributed by atoms with Gasteiger partial charge >= 0.3 is 0 Å². The van der Waals surface area contributed by atoms with Crippen molar-refractivity contribution in [1.82, 2.24) is 15.3 Å². The maximum absolute atomic E-state index is 11.0. The minimum atomic E-state index is -0.419. The number of nitro groups is 1. The Labute approximate surface area is 133 Å². The van der Waals surface area contributed by atoms with E-state index in [1.165, 1.54) is 12.1 Å². The van der Waals surface area contributed by atoms with Crippen molar-refractivity contribution in [2.75, 3.05) is 30.8 Å². The second kappa shape index (κ2) is 5.81. The molecular formula is C15H18N6O2. The van der Waals surface area contributed by atoms with Crippen LogP contribution in [0.5, 0.6) is 0 Å². The number of nitrogen functional groups attached to an aromatic ring is 1. The molecule has 8 heteroatoms. The SMILES string of the molecule is CNC1CN(c2nc(N)nc(-c3cccc([N+](=O)[O-])c3)c2C)C1. The first-order valence-corrected chi connectivity index (χ1v) is 7.30. The maximum atomic E-state index is 11.0. The largest absolute Gasteiger partial charge is 0.368 e. The normalized spacial score (nSPS) is 14.6. The Balaban J connectivity index is 2.01. The number of nitrogens with two attached hydrogens (primary N) is 1. The smallest absolute Gasteiger partial charge is 0.270 e. The van der Waals surface area contributed by atoms with Gasteiger partial charge in [0.1, 0.15) is 5.82 Å². The van der Waals surface area contributed by atoms with Gasteiger partial charge in [0.2, 0.25) is 5.95 Å². The van der Waals surface area contributed by atoms with Crippen molar-refractivity contribution >= 4 is 17.5 Å². The van der Waals surface area contributed by atoms with Gasteiger partial charge in [-0.15, -0.1) is 0 Å². The third kappa shape index (κ3) is 2.80. The fraction of sp³-hybridized carbons (Fsp3) is 0.333. The zero-order chi connectivity index (χ0) is 16.6. The summed E-state index contributed by atoms with van der Waals surface area (Å²) in [5, 5.41) is 14.2. The molecule has 2 heterocycles. The van der Waals surface area contributed by atoms with Gasteiger partial charge in [0.25, 0.3) is 5.69 Å². The molecule has 2 aromatic rings. The van der Waals surface area contributed by atoms with Gasteiger partial charge in [0.15, 0.2) is 0 Å². The number of rotatable bonds is 4. The second-order valence-corrected chi connectivity index (χ2v) is 5.58. The minimum absolute atomic E-state index is 0.0276. The molecule has 0 atom stereocenters. The number of hydrogen-bond acceptors (Lipinski definition) is 7. The first-order chi connectivity index (χ1) is 11.0. The van der Waals surface area contributed by atoms with Crippen LogP contribution in [0.3, 0.4) is 0 Å². The average molecular weight is 314 g/mol. The topological polar surface area (TPSA) is 110 Å². The zero-order valence-corrected chi connectivity index (χ0v) is 13.0. The van der Waals surface area contributed by atoms with E-state index >= 15 is 0 Å². The Morgan fingerprint density at radius 3 is 2.78 bits per heavy atom. The van der Waals surface area contributed by atoms with Crippen molar-refractivity contribution in [3.63, 3.8) is 0 Å². The summed E-state index contributed by atoms with van der Waals surface area (Å²) in [7, 11) is 1.93. The van der Waals surface area contributed by atoms with E-state index in [4.69, 9.17) is 5.73 Å². The molecule has 8 nitrogen and oxygen atoms in total. The number of aromatic nitrogens is 2. The van der Waals surface area contributed by atoms with E-state index in [2.05, 4.69) is 20.2 Å². The molecule has 23 heavy (non-hydrogen) atoms. The number of nitrogens with zero attached hydrogens (tertiary/aromatic N) is 4. The van der Waals surface area contributed by atoms with E-state index in [1.807, 2.05) is 14.0 Å². The lowest BCUT2D eigenvalue weighted by atomic mass is 10.0. The molecule has 3 N–H and O–H groups in total. The summed E-state index contributed by atoms with van der Waals surface area (Å²) in [6.07, 6.45) is 0. The third-order valence-electron chi connectivity index (χ3n) is 4.06. The van der Waals surface area contributed by atoms with Crippen LogP contribution in [0.2, 0.25) is 0 Å². The Hall–Kier alpha value is -2.74. The van der Waals surface area contributed by atoms with E-state index in [-0.39, 0.29) is 11.6 Å². The van der Waals surface area contributed by atoms with Crippen LogP contribution >= 0.6 is 0 Å². The van der Waals surface area contributed by atoms with Gasteiger partial charge in [0, 0.05) is 42.4 Å². The van der Waals surface area contributed by atoms with E-state index in [0.29, 0.717) is 17.3 Å². The number of nitro benzene ring substituents is 1. The molecule has 0 saturated carbocycles. The lowest BCUT2D eigenvalue weighted by Crippen LogP contribution is -2.57. The summed E-state index contributed by atoms with van der Waals surface area (Å²) in [5.74, 6) is 0.950. The third-order valence-corrected chi connectivity index (χ3v) is 4.06. The molecule has 1 aromatic carbocycles. The van der Waals surface area contributed by atoms with Crippen LogP contribution in [0.1, 0.15) is 5.56 Å². The number of nitrogens with one attached hydrogen (secondary N) is 1. The highest BCUT2D eigenvalue weighted by Crippen LogP contribution is 2.32. The molecule has 0 radical (unpaired) electrons. The van der Waals surface area contributed by atoms with E-state index in [9.17, 15) is 10.1 Å². The van der Waals surface area contributed by atoms with E-state index in [1.54, 1.807) is 12.1 Å². The van der Waals surface area contributed by atoms with E-state index < -0.39 is 4.92 Å². The summed E-state index contributed by atoms with van der Waals surface area (Å²) >= 11 is 0. The van der Waals surface area contributed by atoms with Crippen molar-refractivity contribution in [1.29, 1.82) is 0 Å². The molecule has 0 unspecified atom stereocenters.